The molecule has 1 saturated carbocycles. The number of carbonyl (C=O) groups excluding carboxylic acids is 2. The predicted octanol–water partition coefficient (Wildman–Crippen LogP) is 3.07. The van der Waals surface area contributed by atoms with Gasteiger partial charge in [0.25, 0.3) is 0 Å². The van der Waals surface area contributed by atoms with Crippen molar-refractivity contribution in [2.75, 3.05) is 19.6 Å². The van der Waals surface area contributed by atoms with E-state index in [1.54, 1.807) is 11.3 Å². The Morgan fingerprint density at radius 3 is 2.80 bits per heavy atom. The van der Waals surface area contributed by atoms with E-state index < -0.39 is 0 Å². The lowest BCUT2D eigenvalue weighted by atomic mass is 10.0. The van der Waals surface area contributed by atoms with Gasteiger partial charge in [0.05, 0.1) is 12.6 Å². The first-order chi connectivity index (χ1) is 12.2. The number of rotatable bonds is 4. The van der Waals surface area contributed by atoms with E-state index in [-0.39, 0.29) is 12.1 Å². The molecule has 1 N–H and O–H groups in total. The lowest BCUT2D eigenvalue weighted by Crippen LogP contribution is -2.43. The van der Waals surface area contributed by atoms with Crippen molar-refractivity contribution in [3.63, 3.8) is 0 Å². The van der Waals surface area contributed by atoms with Crippen molar-refractivity contribution in [2.45, 2.75) is 51.1 Å². The zero-order chi connectivity index (χ0) is 17.2. The monoisotopic (exact) mass is 361 g/mol. The second-order valence-electron chi connectivity index (χ2n) is 7.70. The van der Waals surface area contributed by atoms with Gasteiger partial charge in [0, 0.05) is 36.9 Å². The van der Waals surface area contributed by atoms with Crippen molar-refractivity contribution in [3.05, 3.63) is 22.4 Å². The van der Waals surface area contributed by atoms with E-state index in [9.17, 15) is 9.59 Å². The van der Waals surface area contributed by atoms with Crippen LogP contribution in [0.1, 0.15) is 43.4 Å². The predicted molar refractivity (Wildman–Crippen MR) is 98.3 cm³/mol. The zero-order valence-corrected chi connectivity index (χ0v) is 15.5. The molecule has 4 rings (SSSR count). The van der Waals surface area contributed by atoms with Gasteiger partial charge in [-0.3, -0.25) is 4.79 Å². The molecule has 1 aromatic rings. The SMILES string of the molecule is O=C(NCc1cccs1)N1C[C@@H]2CCN(C(=O)CC3CCCC3)[C@@H]2C1. The standard InChI is InChI=1S/C19H27N3O2S/c23-18(10-14-4-1-2-5-14)22-8-7-15-12-21(13-17(15)22)19(24)20-11-16-6-3-9-25-16/h3,6,9,14-15,17H,1-2,4-5,7-8,10-13H2,(H,20,24)/t15-,17+/m0/s1. The molecule has 2 atom stereocenters. The van der Waals surface area contributed by atoms with Crippen LogP contribution in [0, 0.1) is 11.8 Å². The van der Waals surface area contributed by atoms with Crippen molar-refractivity contribution >= 4 is 23.3 Å². The molecule has 3 amide bonds. The summed E-state index contributed by atoms with van der Waals surface area (Å²) < 4.78 is 0. The largest absolute Gasteiger partial charge is 0.338 e. The van der Waals surface area contributed by atoms with Crippen LogP contribution in [0.2, 0.25) is 0 Å². The average Bonchev–Trinajstić information content (AvgIpc) is 3.35. The molecule has 0 spiro atoms. The molecular formula is C19H27N3O2S. The summed E-state index contributed by atoms with van der Waals surface area (Å²) in [6.07, 6.45) is 6.74. The van der Waals surface area contributed by atoms with E-state index in [0.717, 1.165) is 19.5 Å². The lowest BCUT2D eigenvalue weighted by molar-refractivity contribution is -0.133. The molecular weight excluding hydrogens is 334 g/mol. The molecule has 0 radical (unpaired) electrons. The maximum Gasteiger partial charge on any atom is 0.317 e. The number of hydrogen-bond donors (Lipinski definition) is 1. The third-order valence-corrected chi connectivity index (χ3v) is 6.96. The number of amides is 3. The smallest absolute Gasteiger partial charge is 0.317 e. The highest BCUT2D eigenvalue weighted by Crippen LogP contribution is 2.34. The summed E-state index contributed by atoms with van der Waals surface area (Å²) in [6, 6.07) is 4.28. The highest BCUT2D eigenvalue weighted by atomic mass is 32.1. The molecule has 3 heterocycles. The van der Waals surface area contributed by atoms with Crippen LogP contribution < -0.4 is 5.32 Å². The normalized spacial score (nSPS) is 26.2. The van der Waals surface area contributed by atoms with Crippen molar-refractivity contribution in [1.82, 2.24) is 15.1 Å². The molecule has 25 heavy (non-hydrogen) atoms. The molecule has 136 valence electrons. The van der Waals surface area contributed by atoms with Gasteiger partial charge in [-0.1, -0.05) is 18.9 Å². The molecule has 0 aromatic carbocycles. The Bertz CT molecular complexity index is 612. The van der Waals surface area contributed by atoms with Crippen LogP contribution in [0.25, 0.3) is 0 Å². The van der Waals surface area contributed by atoms with Gasteiger partial charge in [-0.2, -0.15) is 0 Å². The number of urea groups is 1. The number of thiophene rings is 1. The highest BCUT2D eigenvalue weighted by molar-refractivity contribution is 7.09. The first-order valence-electron chi connectivity index (χ1n) is 9.55. The Kier molecular flexibility index (Phi) is 4.97. The molecule has 2 aliphatic heterocycles. The molecule has 5 nitrogen and oxygen atoms in total. The van der Waals surface area contributed by atoms with Gasteiger partial charge in [-0.15, -0.1) is 11.3 Å². The number of nitrogens with zero attached hydrogens (tertiary/aromatic N) is 2. The zero-order valence-electron chi connectivity index (χ0n) is 14.7. The van der Waals surface area contributed by atoms with Gasteiger partial charge >= 0.3 is 6.03 Å². The van der Waals surface area contributed by atoms with Crippen molar-refractivity contribution in [3.8, 4) is 0 Å². The molecule has 1 aliphatic carbocycles. The van der Waals surface area contributed by atoms with Crippen LogP contribution in [0.5, 0.6) is 0 Å². The van der Waals surface area contributed by atoms with E-state index in [0.29, 0.717) is 37.3 Å². The van der Waals surface area contributed by atoms with Crippen LogP contribution in [0.15, 0.2) is 17.5 Å². The van der Waals surface area contributed by atoms with E-state index in [4.69, 9.17) is 0 Å². The van der Waals surface area contributed by atoms with Crippen LogP contribution >= 0.6 is 11.3 Å². The summed E-state index contributed by atoms with van der Waals surface area (Å²) in [5.41, 5.74) is 0. The van der Waals surface area contributed by atoms with Crippen LogP contribution in [0.4, 0.5) is 4.79 Å². The summed E-state index contributed by atoms with van der Waals surface area (Å²) in [5, 5.41) is 5.04. The third kappa shape index (κ3) is 3.68. The topological polar surface area (TPSA) is 52.7 Å². The first kappa shape index (κ1) is 16.9. The second-order valence-corrected chi connectivity index (χ2v) is 8.73. The maximum absolute atomic E-state index is 12.7. The number of likely N-dealkylation sites (tertiary alicyclic amines) is 2. The Morgan fingerprint density at radius 2 is 2.04 bits per heavy atom. The van der Waals surface area contributed by atoms with Crippen LogP contribution in [0.3, 0.4) is 0 Å². The third-order valence-electron chi connectivity index (χ3n) is 6.09. The van der Waals surface area contributed by atoms with E-state index >= 15 is 0 Å². The summed E-state index contributed by atoms with van der Waals surface area (Å²) in [6.45, 7) is 2.95. The molecule has 0 bridgehead atoms. The first-order valence-corrected chi connectivity index (χ1v) is 10.4. The number of carbonyl (C=O) groups is 2. The Hall–Kier alpha value is -1.56. The molecule has 6 heteroatoms. The number of fused-ring (bicyclic) bond motifs is 1. The summed E-state index contributed by atoms with van der Waals surface area (Å²) in [5.74, 6) is 1.37. The van der Waals surface area contributed by atoms with Crippen molar-refractivity contribution in [2.24, 2.45) is 11.8 Å². The van der Waals surface area contributed by atoms with Crippen molar-refractivity contribution < 1.29 is 9.59 Å². The van der Waals surface area contributed by atoms with Gasteiger partial charge in [0.1, 0.15) is 0 Å². The number of hydrogen-bond acceptors (Lipinski definition) is 3. The van der Waals surface area contributed by atoms with Crippen LogP contribution in [-0.2, 0) is 11.3 Å². The molecule has 0 unspecified atom stereocenters. The summed E-state index contributed by atoms with van der Waals surface area (Å²) in [4.78, 5) is 30.3. The van der Waals surface area contributed by atoms with Crippen LogP contribution in [-0.4, -0.2) is 47.4 Å². The second kappa shape index (κ2) is 7.36. The van der Waals surface area contributed by atoms with Gasteiger partial charge in [-0.05, 0) is 36.6 Å². The number of nitrogens with one attached hydrogen (secondary N) is 1. The molecule has 3 fully saturated rings. The molecule has 1 aromatic heterocycles. The minimum Gasteiger partial charge on any atom is -0.338 e. The average molecular weight is 362 g/mol. The fourth-order valence-corrected chi connectivity index (χ4v) is 5.35. The van der Waals surface area contributed by atoms with Crippen molar-refractivity contribution in [1.29, 1.82) is 0 Å². The summed E-state index contributed by atoms with van der Waals surface area (Å²) in [7, 11) is 0. The minimum absolute atomic E-state index is 0.00555. The highest BCUT2D eigenvalue weighted by Gasteiger charge is 2.44. The quantitative estimate of drug-likeness (QED) is 0.896. The molecule has 3 aliphatic rings. The van der Waals surface area contributed by atoms with E-state index in [1.807, 2.05) is 22.4 Å². The molecule has 2 saturated heterocycles. The van der Waals surface area contributed by atoms with Gasteiger partial charge in [0.15, 0.2) is 0 Å². The fourth-order valence-electron chi connectivity index (χ4n) is 4.70. The van der Waals surface area contributed by atoms with Gasteiger partial charge in [0.2, 0.25) is 5.91 Å². The van der Waals surface area contributed by atoms with Gasteiger partial charge < -0.3 is 15.1 Å². The Balaban J connectivity index is 1.29. The summed E-state index contributed by atoms with van der Waals surface area (Å²) >= 11 is 1.66. The van der Waals surface area contributed by atoms with E-state index in [2.05, 4.69) is 10.2 Å². The van der Waals surface area contributed by atoms with Gasteiger partial charge in [-0.25, -0.2) is 4.79 Å². The Morgan fingerprint density at radius 1 is 1.20 bits per heavy atom. The van der Waals surface area contributed by atoms with E-state index in [1.165, 1.54) is 30.6 Å². The maximum atomic E-state index is 12.7. The Labute approximate surface area is 153 Å². The fraction of sp³-hybridized carbons (Fsp3) is 0.684. The lowest BCUT2D eigenvalue weighted by Gasteiger charge is -2.26. The minimum atomic E-state index is 0.00555.